The lowest BCUT2D eigenvalue weighted by Gasteiger charge is -2.14. The topological polar surface area (TPSA) is 105 Å². The largest absolute Gasteiger partial charge is 0.457 e. The quantitative estimate of drug-likeness (QED) is 0.686. The van der Waals surface area contributed by atoms with E-state index in [2.05, 4.69) is 10.0 Å². The maximum atomic E-state index is 12.3. The third kappa shape index (κ3) is 4.69. The number of halogens is 2. The van der Waals surface area contributed by atoms with Gasteiger partial charge in [-0.3, -0.25) is 4.79 Å². The van der Waals surface area contributed by atoms with E-state index in [-0.39, 0.29) is 11.4 Å². The lowest BCUT2D eigenvalue weighted by Crippen LogP contribution is -2.41. The van der Waals surface area contributed by atoms with Crippen LogP contribution in [0.5, 0.6) is 11.5 Å². The summed E-state index contributed by atoms with van der Waals surface area (Å²) in [7, 11) is -3.92. The predicted molar refractivity (Wildman–Crippen MR) is 98.4 cm³/mol. The Balaban J connectivity index is 1.68. The van der Waals surface area contributed by atoms with Gasteiger partial charge in [0.15, 0.2) is 0 Å². The van der Waals surface area contributed by atoms with Crippen LogP contribution in [0, 0.1) is 0 Å². The van der Waals surface area contributed by atoms with Crippen molar-refractivity contribution in [1.29, 1.82) is 0 Å². The molecule has 1 aliphatic heterocycles. The number of rotatable bonds is 6. The number of carbonyl (C=O) groups is 2. The molecule has 0 radical (unpaired) electrons. The van der Waals surface area contributed by atoms with Crippen molar-refractivity contribution in [3.63, 3.8) is 0 Å². The van der Waals surface area contributed by atoms with Crippen LogP contribution in [0.3, 0.4) is 0 Å². The molecule has 0 aromatic heterocycles. The Morgan fingerprint density at radius 2 is 1.67 bits per heavy atom. The molecule has 2 aromatic carbocycles. The summed E-state index contributed by atoms with van der Waals surface area (Å²) in [6.45, 7) is -0.605. The molecular weight excluding hydrogens is 417 g/mol. The van der Waals surface area contributed by atoms with Crippen molar-refractivity contribution in [2.24, 2.45) is 0 Å². The van der Waals surface area contributed by atoms with Crippen molar-refractivity contribution in [3.05, 3.63) is 52.5 Å². The van der Waals surface area contributed by atoms with Gasteiger partial charge in [0.25, 0.3) is 5.91 Å². The molecule has 1 aliphatic rings. The van der Waals surface area contributed by atoms with Crippen LogP contribution in [-0.4, -0.2) is 38.5 Å². The van der Waals surface area contributed by atoms with Crippen LogP contribution in [-0.2, 0) is 14.8 Å². The van der Waals surface area contributed by atoms with Crippen LogP contribution in [0.2, 0.25) is 10.0 Å². The first-order chi connectivity index (χ1) is 12.7. The number of benzene rings is 2. The van der Waals surface area contributed by atoms with Gasteiger partial charge in [0.1, 0.15) is 11.5 Å². The molecule has 1 saturated heterocycles. The second-order valence-corrected chi connectivity index (χ2v) is 8.10. The number of hydrogen-bond acceptors (Lipinski definition) is 5. The van der Waals surface area contributed by atoms with Gasteiger partial charge in [-0.2, -0.15) is 4.72 Å². The van der Waals surface area contributed by atoms with Crippen molar-refractivity contribution in [2.75, 3.05) is 13.2 Å². The van der Waals surface area contributed by atoms with Crippen LogP contribution < -0.4 is 14.8 Å². The first-order valence-electron chi connectivity index (χ1n) is 7.56. The molecule has 2 N–H and O–H groups in total. The van der Waals surface area contributed by atoms with Gasteiger partial charge in [0, 0.05) is 10.0 Å². The minimum Gasteiger partial charge on any atom is -0.457 e. The number of nitrogens with one attached hydrogen (secondary N) is 2. The van der Waals surface area contributed by atoms with Crippen molar-refractivity contribution in [1.82, 2.24) is 14.9 Å². The Labute approximate surface area is 165 Å². The molecule has 142 valence electrons. The monoisotopic (exact) mass is 429 g/mol. The van der Waals surface area contributed by atoms with E-state index >= 15 is 0 Å². The Morgan fingerprint density at radius 3 is 2.22 bits per heavy atom. The molecule has 2 aromatic rings. The SMILES string of the molecule is O=C1CNC(=O)N1CNS(=O)(=O)c1ccc(Oc2cc(Cl)cc(Cl)c2)cc1. The highest BCUT2D eigenvalue weighted by molar-refractivity contribution is 7.89. The number of carbonyl (C=O) groups excluding carboxylic acids is 2. The lowest BCUT2D eigenvalue weighted by atomic mass is 10.3. The van der Waals surface area contributed by atoms with Crippen molar-refractivity contribution in [2.45, 2.75) is 4.90 Å². The van der Waals surface area contributed by atoms with E-state index < -0.39 is 28.6 Å². The van der Waals surface area contributed by atoms with Gasteiger partial charge >= 0.3 is 6.03 Å². The standard InChI is InChI=1S/C16H13Cl2N3O5S/c17-10-5-11(18)7-13(6-10)26-12-1-3-14(4-2-12)27(24,25)20-9-21-15(22)8-19-16(21)23/h1-7,20H,8-9H2,(H,19,23). The van der Waals surface area contributed by atoms with Crippen LogP contribution in [0.15, 0.2) is 47.4 Å². The first-order valence-corrected chi connectivity index (χ1v) is 9.80. The summed E-state index contributed by atoms with van der Waals surface area (Å²) in [5.74, 6) is 0.271. The molecule has 3 amide bonds. The Bertz CT molecular complexity index is 959. The van der Waals surface area contributed by atoms with E-state index in [0.717, 1.165) is 4.90 Å². The van der Waals surface area contributed by atoms with E-state index in [1.165, 1.54) is 24.3 Å². The molecule has 11 heteroatoms. The Hall–Kier alpha value is -2.33. The van der Waals surface area contributed by atoms with Gasteiger partial charge in [0.2, 0.25) is 10.0 Å². The number of hydrogen-bond donors (Lipinski definition) is 2. The van der Waals surface area contributed by atoms with Gasteiger partial charge in [-0.1, -0.05) is 23.2 Å². The summed E-state index contributed by atoms with van der Waals surface area (Å²) in [4.78, 5) is 23.6. The van der Waals surface area contributed by atoms with Crippen LogP contribution in [0.1, 0.15) is 0 Å². The molecule has 0 saturated carbocycles. The number of urea groups is 1. The summed E-state index contributed by atoms with van der Waals surface area (Å²) in [6.07, 6.45) is 0. The van der Waals surface area contributed by atoms with Gasteiger partial charge in [-0.05, 0) is 42.5 Å². The summed E-state index contributed by atoms with van der Waals surface area (Å²) in [5, 5.41) is 3.11. The second kappa shape index (κ2) is 7.73. The zero-order chi connectivity index (χ0) is 19.6. The van der Waals surface area contributed by atoms with Gasteiger partial charge in [-0.25, -0.2) is 18.1 Å². The van der Waals surface area contributed by atoms with Crippen LogP contribution >= 0.6 is 23.2 Å². The van der Waals surface area contributed by atoms with Crippen LogP contribution in [0.4, 0.5) is 4.79 Å². The second-order valence-electron chi connectivity index (χ2n) is 5.46. The molecule has 0 bridgehead atoms. The summed E-state index contributed by atoms with van der Waals surface area (Å²) < 4.78 is 32.4. The molecule has 8 nitrogen and oxygen atoms in total. The maximum absolute atomic E-state index is 12.3. The highest BCUT2D eigenvalue weighted by Gasteiger charge is 2.29. The molecule has 1 fully saturated rings. The average molecular weight is 430 g/mol. The number of imide groups is 1. The van der Waals surface area contributed by atoms with Gasteiger partial charge in [-0.15, -0.1) is 0 Å². The third-order valence-corrected chi connectivity index (χ3v) is 5.39. The van der Waals surface area contributed by atoms with E-state index in [9.17, 15) is 18.0 Å². The molecule has 0 unspecified atom stereocenters. The summed E-state index contributed by atoms with van der Waals surface area (Å²) in [5.41, 5.74) is 0. The minimum atomic E-state index is -3.92. The fraction of sp³-hybridized carbons (Fsp3) is 0.125. The first kappa shape index (κ1) is 19.4. The number of sulfonamides is 1. The summed E-state index contributed by atoms with van der Waals surface area (Å²) in [6, 6.07) is 9.62. The van der Waals surface area contributed by atoms with E-state index in [1.54, 1.807) is 18.2 Å². The molecule has 1 heterocycles. The van der Waals surface area contributed by atoms with Gasteiger partial charge in [0.05, 0.1) is 18.1 Å². The fourth-order valence-corrected chi connectivity index (χ4v) is 3.72. The van der Waals surface area contributed by atoms with Crippen molar-refractivity contribution >= 4 is 45.2 Å². The smallest absolute Gasteiger partial charge is 0.325 e. The fourth-order valence-electron chi connectivity index (χ4n) is 2.26. The number of ether oxygens (including phenoxy) is 1. The van der Waals surface area contributed by atoms with Crippen molar-refractivity contribution < 1.29 is 22.7 Å². The molecule has 0 spiro atoms. The lowest BCUT2D eigenvalue weighted by molar-refractivity contribution is -0.125. The van der Waals surface area contributed by atoms with Gasteiger partial charge < -0.3 is 10.1 Å². The predicted octanol–water partition coefficient (Wildman–Crippen LogP) is 2.57. The molecule has 27 heavy (non-hydrogen) atoms. The van der Waals surface area contributed by atoms with E-state index in [0.29, 0.717) is 21.5 Å². The zero-order valence-corrected chi connectivity index (χ0v) is 15.9. The maximum Gasteiger partial charge on any atom is 0.325 e. The molecular formula is C16H13Cl2N3O5S. The third-order valence-electron chi connectivity index (χ3n) is 3.56. The molecule has 0 aliphatic carbocycles. The van der Waals surface area contributed by atoms with E-state index in [4.69, 9.17) is 27.9 Å². The highest BCUT2D eigenvalue weighted by atomic mass is 35.5. The van der Waals surface area contributed by atoms with Crippen LogP contribution in [0.25, 0.3) is 0 Å². The minimum absolute atomic E-state index is 0.0500. The van der Waals surface area contributed by atoms with Crippen molar-refractivity contribution in [3.8, 4) is 11.5 Å². The summed E-state index contributed by atoms with van der Waals surface area (Å²) >= 11 is 11.8. The zero-order valence-electron chi connectivity index (χ0n) is 13.6. The number of amides is 3. The Morgan fingerprint density at radius 1 is 1.04 bits per heavy atom. The van der Waals surface area contributed by atoms with E-state index in [1.807, 2.05) is 0 Å². The molecule has 3 rings (SSSR count). The highest BCUT2D eigenvalue weighted by Crippen LogP contribution is 2.28. The average Bonchev–Trinajstić information content (AvgIpc) is 2.91. The molecule has 0 atom stereocenters. The number of nitrogens with zero attached hydrogens (tertiary/aromatic N) is 1. The normalized spacial score (nSPS) is 14.4. The Kier molecular flexibility index (Phi) is 5.56.